The van der Waals surface area contributed by atoms with E-state index in [0.717, 1.165) is 11.1 Å². The monoisotopic (exact) mass is 462 g/mol. The molecule has 6 nitrogen and oxygen atoms in total. The summed E-state index contributed by atoms with van der Waals surface area (Å²) in [7, 11) is 1.26. The second-order valence-electron chi connectivity index (χ2n) is 7.89. The van der Waals surface area contributed by atoms with Crippen LogP contribution in [0.15, 0.2) is 84.9 Å². The third-order valence-corrected chi connectivity index (χ3v) is 5.45. The molecule has 176 valence electrons. The Kier molecular flexibility index (Phi) is 8.51. The Labute approximate surface area is 198 Å². The number of amides is 2. The van der Waals surface area contributed by atoms with E-state index >= 15 is 0 Å². The van der Waals surface area contributed by atoms with Crippen molar-refractivity contribution in [3.05, 3.63) is 107 Å². The van der Waals surface area contributed by atoms with Crippen molar-refractivity contribution in [3.63, 3.8) is 0 Å². The minimum absolute atomic E-state index is 0.126. The average molecular weight is 463 g/mol. The maximum atomic E-state index is 13.3. The van der Waals surface area contributed by atoms with Crippen molar-refractivity contribution in [2.45, 2.75) is 31.3 Å². The highest BCUT2D eigenvalue weighted by molar-refractivity contribution is 5.91. The minimum Gasteiger partial charge on any atom is -0.467 e. The van der Waals surface area contributed by atoms with Crippen molar-refractivity contribution < 1.29 is 23.5 Å². The Bertz CT molecular complexity index is 1060. The summed E-state index contributed by atoms with van der Waals surface area (Å²) in [5.41, 5.74) is 2.30. The number of nitrogens with one attached hydrogen (secondary N) is 2. The highest BCUT2D eigenvalue weighted by Gasteiger charge is 2.35. The molecule has 0 fully saturated rings. The molecule has 0 aliphatic rings. The normalized spacial score (nSPS) is 12.5. The number of carbonyl (C=O) groups is 3. The van der Waals surface area contributed by atoms with Crippen LogP contribution in [0.5, 0.6) is 0 Å². The molecule has 0 bridgehead atoms. The van der Waals surface area contributed by atoms with E-state index in [1.54, 1.807) is 12.1 Å². The van der Waals surface area contributed by atoms with Crippen molar-refractivity contribution in [2.75, 3.05) is 7.11 Å². The molecular weight excluding hydrogens is 435 g/mol. The molecule has 0 saturated carbocycles. The van der Waals surface area contributed by atoms with Crippen LogP contribution in [0.2, 0.25) is 0 Å². The van der Waals surface area contributed by atoms with Crippen LogP contribution in [0.3, 0.4) is 0 Å². The highest BCUT2D eigenvalue weighted by Crippen LogP contribution is 2.29. The molecule has 0 aliphatic carbocycles. The second kappa shape index (κ2) is 11.7. The Hall–Kier alpha value is -4.00. The topological polar surface area (TPSA) is 84.5 Å². The quantitative estimate of drug-likeness (QED) is 0.478. The zero-order valence-corrected chi connectivity index (χ0v) is 19.0. The predicted octanol–water partition coefficient (Wildman–Crippen LogP) is 3.36. The van der Waals surface area contributed by atoms with Crippen LogP contribution in [0.1, 0.15) is 29.5 Å². The summed E-state index contributed by atoms with van der Waals surface area (Å²) < 4.78 is 18.4. The molecule has 0 unspecified atom stereocenters. The fraction of sp³-hybridized carbons (Fsp3) is 0.222. The van der Waals surface area contributed by atoms with Gasteiger partial charge in [-0.25, -0.2) is 9.18 Å². The second-order valence-corrected chi connectivity index (χ2v) is 7.89. The number of hydrogen-bond donors (Lipinski definition) is 2. The van der Waals surface area contributed by atoms with Gasteiger partial charge in [0.2, 0.25) is 11.8 Å². The minimum atomic E-state index is -1.05. The first-order valence-electron chi connectivity index (χ1n) is 10.9. The Morgan fingerprint density at radius 1 is 0.824 bits per heavy atom. The summed E-state index contributed by atoms with van der Waals surface area (Å²) in [6.07, 6.45) is 0.126. The number of ether oxygens (including phenoxy) is 1. The van der Waals surface area contributed by atoms with Crippen LogP contribution in [0.25, 0.3) is 0 Å². The van der Waals surface area contributed by atoms with Gasteiger partial charge >= 0.3 is 5.97 Å². The van der Waals surface area contributed by atoms with Crippen LogP contribution >= 0.6 is 0 Å². The molecule has 3 rings (SSSR count). The van der Waals surface area contributed by atoms with E-state index in [9.17, 15) is 18.8 Å². The average Bonchev–Trinajstić information content (AvgIpc) is 2.85. The number of halogens is 1. The highest BCUT2D eigenvalue weighted by atomic mass is 19.1. The molecule has 2 atom stereocenters. The van der Waals surface area contributed by atoms with Crippen LogP contribution < -0.4 is 10.6 Å². The van der Waals surface area contributed by atoms with Gasteiger partial charge in [0.05, 0.1) is 7.11 Å². The largest absolute Gasteiger partial charge is 0.467 e. The van der Waals surface area contributed by atoms with E-state index < -0.39 is 41.6 Å². The number of benzene rings is 3. The van der Waals surface area contributed by atoms with Crippen LogP contribution in [0, 0.1) is 5.82 Å². The molecule has 0 heterocycles. The van der Waals surface area contributed by atoms with Gasteiger partial charge in [0.15, 0.2) is 0 Å². The number of methoxy groups -OCH3 is 1. The van der Waals surface area contributed by atoms with E-state index in [1.807, 2.05) is 60.7 Å². The van der Waals surface area contributed by atoms with Crippen molar-refractivity contribution in [3.8, 4) is 0 Å². The van der Waals surface area contributed by atoms with Crippen LogP contribution in [-0.2, 0) is 25.5 Å². The molecule has 2 amide bonds. The fourth-order valence-corrected chi connectivity index (χ4v) is 3.87. The van der Waals surface area contributed by atoms with Gasteiger partial charge in [0.25, 0.3) is 0 Å². The fourth-order valence-electron chi connectivity index (χ4n) is 3.87. The van der Waals surface area contributed by atoms with Gasteiger partial charge in [-0.2, -0.15) is 0 Å². The summed E-state index contributed by atoms with van der Waals surface area (Å²) in [5, 5.41) is 5.43. The van der Waals surface area contributed by atoms with Gasteiger partial charge in [0, 0.05) is 19.3 Å². The summed E-state index contributed by atoms with van der Waals surface area (Å²) in [6.45, 7) is 1.31. The van der Waals surface area contributed by atoms with Gasteiger partial charge < -0.3 is 15.4 Å². The lowest BCUT2D eigenvalue weighted by atomic mass is 9.84. The first-order chi connectivity index (χ1) is 16.4. The molecule has 34 heavy (non-hydrogen) atoms. The smallest absolute Gasteiger partial charge is 0.329 e. The predicted molar refractivity (Wildman–Crippen MR) is 126 cm³/mol. The van der Waals surface area contributed by atoms with Crippen LogP contribution in [-0.4, -0.2) is 37.0 Å². The van der Waals surface area contributed by atoms with Gasteiger partial charge in [-0.1, -0.05) is 72.8 Å². The summed E-state index contributed by atoms with van der Waals surface area (Å²) in [5.74, 6) is -2.49. The molecule has 3 aromatic carbocycles. The molecule has 3 aromatic rings. The number of hydrogen-bond acceptors (Lipinski definition) is 4. The first-order valence-corrected chi connectivity index (χ1v) is 10.9. The lowest BCUT2D eigenvalue weighted by Gasteiger charge is -2.29. The summed E-state index contributed by atoms with van der Waals surface area (Å²) in [6, 6.07) is 22.3. The van der Waals surface area contributed by atoms with Crippen molar-refractivity contribution >= 4 is 17.8 Å². The molecule has 0 spiro atoms. The van der Waals surface area contributed by atoms with Crippen molar-refractivity contribution in [1.82, 2.24) is 10.6 Å². The first kappa shape index (κ1) is 24.6. The van der Waals surface area contributed by atoms with Gasteiger partial charge in [-0.05, 0) is 28.8 Å². The molecule has 7 heteroatoms. The Morgan fingerprint density at radius 3 is 1.82 bits per heavy atom. The van der Waals surface area contributed by atoms with Gasteiger partial charge in [0.1, 0.15) is 17.9 Å². The van der Waals surface area contributed by atoms with Gasteiger partial charge in [-0.3, -0.25) is 9.59 Å². The lowest BCUT2D eigenvalue weighted by Crippen LogP contribution is -2.54. The van der Waals surface area contributed by atoms with E-state index in [2.05, 4.69) is 10.6 Å². The van der Waals surface area contributed by atoms with Gasteiger partial charge in [-0.15, -0.1) is 0 Å². The standard InChI is InChI=1S/C27H27FN2O4/c1-18(31)29-23(17-19-13-15-22(28)16-14-19)26(32)30-25(27(33)34-2)24(20-9-5-3-6-10-20)21-11-7-4-8-12-21/h3-16,23-25H,17H2,1-2H3,(H,29,31)(H,30,32)/t23-,25-/m0/s1. The number of rotatable bonds is 9. The maximum Gasteiger partial charge on any atom is 0.329 e. The SMILES string of the molecule is COC(=O)[C@@H](NC(=O)[C@H](Cc1ccc(F)cc1)NC(C)=O)C(c1ccccc1)c1ccccc1. The van der Waals surface area contributed by atoms with E-state index in [-0.39, 0.29) is 6.42 Å². The lowest BCUT2D eigenvalue weighted by molar-refractivity contribution is -0.145. The maximum absolute atomic E-state index is 13.3. The summed E-state index contributed by atoms with van der Waals surface area (Å²) >= 11 is 0. The molecule has 0 radical (unpaired) electrons. The van der Waals surface area contributed by atoms with Crippen molar-refractivity contribution in [2.24, 2.45) is 0 Å². The molecular formula is C27H27FN2O4. The van der Waals surface area contributed by atoms with Crippen molar-refractivity contribution in [1.29, 1.82) is 0 Å². The van der Waals surface area contributed by atoms with E-state index in [1.165, 1.54) is 26.2 Å². The van der Waals surface area contributed by atoms with E-state index in [4.69, 9.17) is 4.74 Å². The number of esters is 1. The van der Waals surface area contributed by atoms with Crippen LogP contribution in [0.4, 0.5) is 4.39 Å². The van der Waals surface area contributed by atoms with E-state index in [0.29, 0.717) is 5.56 Å². The third kappa shape index (κ3) is 6.51. The Balaban J connectivity index is 1.94. The molecule has 0 aromatic heterocycles. The zero-order valence-electron chi connectivity index (χ0n) is 19.0. The molecule has 0 aliphatic heterocycles. The third-order valence-electron chi connectivity index (χ3n) is 5.45. The number of carbonyl (C=O) groups excluding carboxylic acids is 3. The Morgan fingerprint density at radius 2 is 1.35 bits per heavy atom. The molecule has 0 saturated heterocycles. The summed E-state index contributed by atoms with van der Waals surface area (Å²) in [4.78, 5) is 38.1. The zero-order chi connectivity index (χ0) is 24.5. The molecule has 2 N–H and O–H groups in total.